The minimum absolute atomic E-state index is 0.600. The molecule has 1 aliphatic heterocycles. The van der Waals surface area contributed by atoms with Gasteiger partial charge < -0.3 is 15.3 Å². The Morgan fingerprint density at radius 1 is 1.35 bits per heavy atom. The van der Waals surface area contributed by atoms with Crippen LogP contribution in [0.1, 0.15) is 42.3 Å². The molecular formula is C16H24N2O5. The standard InChI is InChI=1S/C12H18N2.C4H6O5/c1-9-6-7-11(10(2)13-9)12-5-4-8-14(12)3;5-2(4(8)9)1-3(6)7/h6-7,12H,4-5,8H2,1-3H3;2,5H,1H2,(H,6,7)(H,8,9)/t12-;2-/m00/s1. The highest BCUT2D eigenvalue weighted by Gasteiger charge is 2.24. The van der Waals surface area contributed by atoms with Crippen LogP contribution in [0, 0.1) is 13.8 Å². The van der Waals surface area contributed by atoms with Gasteiger partial charge in [-0.05, 0) is 51.9 Å². The Balaban J connectivity index is 0.000000257. The number of hydrogen-bond donors (Lipinski definition) is 3. The zero-order valence-electron chi connectivity index (χ0n) is 13.7. The second kappa shape index (κ2) is 8.59. The smallest absolute Gasteiger partial charge is 0.333 e. The number of aliphatic hydroxyl groups is 1. The van der Waals surface area contributed by atoms with E-state index in [1.807, 2.05) is 0 Å². The minimum Gasteiger partial charge on any atom is -0.481 e. The number of rotatable bonds is 4. The molecule has 0 unspecified atom stereocenters. The fourth-order valence-electron chi connectivity index (χ4n) is 2.61. The monoisotopic (exact) mass is 324 g/mol. The van der Waals surface area contributed by atoms with Crippen molar-refractivity contribution in [1.82, 2.24) is 9.88 Å². The second-order valence-corrected chi connectivity index (χ2v) is 5.72. The molecule has 128 valence electrons. The van der Waals surface area contributed by atoms with E-state index in [2.05, 4.69) is 42.9 Å². The number of aliphatic hydroxyl groups excluding tert-OH is 1. The summed E-state index contributed by atoms with van der Waals surface area (Å²) in [7, 11) is 2.21. The molecule has 0 aliphatic carbocycles. The fourth-order valence-corrected chi connectivity index (χ4v) is 2.61. The molecule has 1 aromatic heterocycles. The molecule has 1 aliphatic rings. The Morgan fingerprint density at radius 3 is 2.39 bits per heavy atom. The van der Waals surface area contributed by atoms with Crippen molar-refractivity contribution in [2.24, 2.45) is 0 Å². The quantitative estimate of drug-likeness (QED) is 0.767. The maximum Gasteiger partial charge on any atom is 0.333 e. The zero-order chi connectivity index (χ0) is 17.6. The van der Waals surface area contributed by atoms with E-state index in [0.29, 0.717) is 6.04 Å². The van der Waals surface area contributed by atoms with Crippen LogP contribution in [0.2, 0.25) is 0 Å². The van der Waals surface area contributed by atoms with Crippen LogP contribution in [0.4, 0.5) is 0 Å². The number of pyridine rings is 1. The maximum absolute atomic E-state index is 9.72. The summed E-state index contributed by atoms with van der Waals surface area (Å²) in [6.07, 6.45) is 0.0498. The van der Waals surface area contributed by atoms with E-state index >= 15 is 0 Å². The SMILES string of the molecule is Cc1ccc([C@@H]2CCCN2C)c(C)n1.O=C(O)C[C@H](O)C(=O)O. The topological polar surface area (TPSA) is 111 Å². The van der Waals surface area contributed by atoms with Crippen LogP contribution in [0.3, 0.4) is 0 Å². The van der Waals surface area contributed by atoms with Crippen molar-refractivity contribution in [1.29, 1.82) is 0 Å². The van der Waals surface area contributed by atoms with E-state index in [1.165, 1.54) is 30.6 Å². The molecule has 0 saturated carbocycles. The van der Waals surface area contributed by atoms with Crippen molar-refractivity contribution >= 4 is 11.9 Å². The van der Waals surface area contributed by atoms with Gasteiger partial charge in [-0.25, -0.2) is 4.79 Å². The highest BCUT2D eigenvalue weighted by molar-refractivity contribution is 5.79. The summed E-state index contributed by atoms with van der Waals surface area (Å²) in [5.41, 5.74) is 3.73. The number of likely N-dealkylation sites (tertiary alicyclic amines) is 1. The lowest BCUT2D eigenvalue weighted by molar-refractivity contribution is -0.152. The molecule has 0 spiro atoms. The van der Waals surface area contributed by atoms with E-state index in [4.69, 9.17) is 15.3 Å². The van der Waals surface area contributed by atoms with Gasteiger partial charge in [-0.1, -0.05) is 6.07 Å². The van der Waals surface area contributed by atoms with Crippen LogP contribution in [-0.4, -0.2) is 56.8 Å². The lowest BCUT2D eigenvalue weighted by Crippen LogP contribution is -2.22. The van der Waals surface area contributed by atoms with Crippen molar-refractivity contribution < 1.29 is 24.9 Å². The van der Waals surface area contributed by atoms with E-state index in [9.17, 15) is 9.59 Å². The third-order valence-corrected chi connectivity index (χ3v) is 3.80. The second-order valence-electron chi connectivity index (χ2n) is 5.72. The number of aromatic nitrogens is 1. The molecule has 1 aromatic rings. The van der Waals surface area contributed by atoms with Crippen LogP contribution >= 0.6 is 0 Å². The van der Waals surface area contributed by atoms with Crippen molar-refractivity contribution in [3.63, 3.8) is 0 Å². The number of aliphatic carboxylic acids is 2. The number of aryl methyl sites for hydroxylation is 2. The molecule has 7 nitrogen and oxygen atoms in total. The average Bonchev–Trinajstić information content (AvgIpc) is 2.85. The van der Waals surface area contributed by atoms with Gasteiger partial charge in [0, 0.05) is 17.4 Å². The van der Waals surface area contributed by atoms with Gasteiger partial charge in [0.2, 0.25) is 0 Å². The number of carboxylic acid groups (broad SMARTS) is 2. The van der Waals surface area contributed by atoms with Crippen molar-refractivity contribution in [3.8, 4) is 0 Å². The Bertz CT molecular complexity index is 561. The molecule has 2 rings (SSSR count). The summed E-state index contributed by atoms with van der Waals surface area (Å²) in [4.78, 5) is 26.4. The third kappa shape index (κ3) is 5.96. The predicted octanol–water partition coefficient (Wildman–Crippen LogP) is 1.37. The molecule has 3 N–H and O–H groups in total. The van der Waals surface area contributed by atoms with Gasteiger partial charge in [0.15, 0.2) is 6.10 Å². The van der Waals surface area contributed by atoms with E-state index in [-0.39, 0.29) is 0 Å². The Morgan fingerprint density at radius 2 is 2.00 bits per heavy atom. The highest BCUT2D eigenvalue weighted by atomic mass is 16.4. The molecule has 0 radical (unpaired) electrons. The summed E-state index contributed by atoms with van der Waals surface area (Å²) < 4.78 is 0. The highest BCUT2D eigenvalue weighted by Crippen LogP contribution is 2.31. The molecule has 1 fully saturated rings. The average molecular weight is 324 g/mol. The maximum atomic E-state index is 9.72. The van der Waals surface area contributed by atoms with Gasteiger partial charge in [0.25, 0.3) is 0 Å². The van der Waals surface area contributed by atoms with Gasteiger partial charge in [0.05, 0.1) is 6.42 Å². The van der Waals surface area contributed by atoms with Crippen LogP contribution in [0.25, 0.3) is 0 Å². The minimum atomic E-state index is -1.79. The van der Waals surface area contributed by atoms with Crippen LogP contribution < -0.4 is 0 Å². The number of nitrogens with zero attached hydrogens (tertiary/aromatic N) is 2. The van der Waals surface area contributed by atoms with Crippen molar-refractivity contribution in [3.05, 3.63) is 29.1 Å². The van der Waals surface area contributed by atoms with Crippen LogP contribution in [0.15, 0.2) is 12.1 Å². The van der Waals surface area contributed by atoms with Gasteiger partial charge >= 0.3 is 11.9 Å². The molecule has 1 saturated heterocycles. The summed E-state index contributed by atoms with van der Waals surface area (Å²) in [6, 6.07) is 4.96. The Labute approximate surface area is 135 Å². The van der Waals surface area contributed by atoms with Gasteiger partial charge in [-0.2, -0.15) is 0 Å². The zero-order valence-corrected chi connectivity index (χ0v) is 13.7. The van der Waals surface area contributed by atoms with Crippen molar-refractivity contribution in [2.45, 2.75) is 45.3 Å². The lowest BCUT2D eigenvalue weighted by Gasteiger charge is -2.21. The van der Waals surface area contributed by atoms with Crippen LogP contribution in [0.5, 0.6) is 0 Å². The summed E-state index contributed by atoms with van der Waals surface area (Å²) >= 11 is 0. The predicted molar refractivity (Wildman–Crippen MR) is 84.2 cm³/mol. The molecule has 0 amide bonds. The van der Waals surface area contributed by atoms with Gasteiger partial charge in [0.1, 0.15) is 0 Å². The van der Waals surface area contributed by atoms with E-state index in [1.54, 1.807) is 0 Å². The van der Waals surface area contributed by atoms with E-state index < -0.39 is 24.5 Å². The molecule has 23 heavy (non-hydrogen) atoms. The molecule has 0 aromatic carbocycles. The first-order valence-electron chi connectivity index (χ1n) is 7.49. The third-order valence-electron chi connectivity index (χ3n) is 3.80. The summed E-state index contributed by atoms with van der Waals surface area (Å²) in [5.74, 6) is -2.85. The molecule has 2 atom stereocenters. The first-order valence-corrected chi connectivity index (χ1v) is 7.49. The molecule has 0 bridgehead atoms. The number of hydrogen-bond acceptors (Lipinski definition) is 5. The first-order chi connectivity index (χ1) is 10.7. The van der Waals surface area contributed by atoms with Crippen LogP contribution in [-0.2, 0) is 9.59 Å². The Kier molecular flexibility index (Phi) is 7.12. The molecular weight excluding hydrogens is 300 g/mol. The fraction of sp³-hybridized carbons (Fsp3) is 0.562. The summed E-state index contributed by atoms with van der Waals surface area (Å²) in [6.45, 7) is 5.39. The Hall–Kier alpha value is -1.99. The number of carboxylic acids is 2. The van der Waals surface area contributed by atoms with Gasteiger partial charge in [-0.3, -0.25) is 14.7 Å². The molecule has 7 heteroatoms. The lowest BCUT2D eigenvalue weighted by atomic mass is 10.0. The first kappa shape index (κ1) is 19.1. The summed E-state index contributed by atoms with van der Waals surface area (Å²) in [5, 5.41) is 24.1. The largest absolute Gasteiger partial charge is 0.481 e. The normalized spacial score (nSPS) is 18.9. The van der Waals surface area contributed by atoms with E-state index in [0.717, 1.165) is 5.69 Å². The molecule has 2 heterocycles. The van der Waals surface area contributed by atoms with Crippen molar-refractivity contribution in [2.75, 3.05) is 13.6 Å². The van der Waals surface area contributed by atoms with Gasteiger partial charge in [-0.15, -0.1) is 0 Å². The number of carbonyl (C=O) groups is 2.